The van der Waals surface area contributed by atoms with Crippen LogP contribution in [0.1, 0.15) is 45.2 Å². The monoisotopic (exact) mass is 271 g/mol. The second-order valence-electron chi connectivity index (χ2n) is 3.29. The van der Waals surface area contributed by atoms with E-state index in [1.54, 1.807) is 18.2 Å². The molecule has 0 unspecified atom stereocenters. The normalized spacial score (nSPS) is 8.79. The lowest BCUT2D eigenvalue weighted by Crippen LogP contribution is -2.06. The van der Waals surface area contributed by atoms with Crippen molar-refractivity contribution in [1.29, 1.82) is 0 Å². The Kier molecular flexibility index (Phi) is 15.9. The summed E-state index contributed by atoms with van der Waals surface area (Å²) in [5, 5.41) is 18.0. The lowest BCUT2D eigenvalue weighted by molar-refractivity contribution is 0.270. The summed E-state index contributed by atoms with van der Waals surface area (Å²) >= 11 is 0. The van der Waals surface area contributed by atoms with Gasteiger partial charge in [-0.15, -0.1) is 0 Å². The van der Waals surface area contributed by atoms with Gasteiger partial charge in [0.05, 0.1) is 19.8 Å². The molecule has 0 heterocycles. The third-order valence-electron chi connectivity index (χ3n) is 2.01. The SMILES string of the molecule is CC.CC.NCCCOc1cc(CO)cc(CO)c1. The second kappa shape index (κ2) is 15.0. The Bertz CT molecular complexity index is 281. The fourth-order valence-corrected chi connectivity index (χ4v) is 1.27. The zero-order valence-electron chi connectivity index (χ0n) is 12.6. The number of hydrogen-bond donors (Lipinski definition) is 3. The highest BCUT2D eigenvalue weighted by atomic mass is 16.5. The lowest BCUT2D eigenvalue weighted by Gasteiger charge is -2.08. The van der Waals surface area contributed by atoms with Gasteiger partial charge in [-0.25, -0.2) is 0 Å². The Morgan fingerprint density at radius 3 is 1.79 bits per heavy atom. The number of aliphatic hydroxyl groups is 2. The van der Waals surface area contributed by atoms with Crippen molar-refractivity contribution in [2.45, 2.75) is 47.3 Å². The van der Waals surface area contributed by atoms with E-state index >= 15 is 0 Å². The molecule has 0 spiro atoms. The van der Waals surface area contributed by atoms with E-state index in [2.05, 4.69) is 0 Å². The molecule has 0 aromatic heterocycles. The third-order valence-corrected chi connectivity index (χ3v) is 2.01. The summed E-state index contributed by atoms with van der Waals surface area (Å²) in [6.45, 7) is 9.03. The first-order valence-electron chi connectivity index (χ1n) is 6.97. The molecule has 4 N–H and O–H groups in total. The Morgan fingerprint density at radius 2 is 1.42 bits per heavy atom. The van der Waals surface area contributed by atoms with Crippen molar-refractivity contribution in [1.82, 2.24) is 0 Å². The Hall–Kier alpha value is -1.10. The van der Waals surface area contributed by atoms with Gasteiger partial charge in [-0.1, -0.05) is 33.8 Å². The molecule has 0 fully saturated rings. The molecule has 0 aliphatic heterocycles. The smallest absolute Gasteiger partial charge is 0.120 e. The molecule has 112 valence electrons. The van der Waals surface area contributed by atoms with Crippen LogP contribution in [-0.2, 0) is 13.2 Å². The summed E-state index contributed by atoms with van der Waals surface area (Å²) in [6.07, 6.45) is 0.789. The molecule has 0 radical (unpaired) electrons. The van der Waals surface area contributed by atoms with Crippen LogP contribution < -0.4 is 10.5 Å². The highest BCUT2D eigenvalue weighted by Gasteiger charge is 2.00. The van der Waals surface area contributed by atoms with E-state index in [0.29, 0.717) is 18.9 Å². The first-order valence-corrected chi connectivity index (χ1v) is 6.97. The largest absolute Gasteiger partial charge is 0.494 e. The number of nitrogens with two attached hydrogens (primary N) is 1. The van der Waals surface area contributed by atoms with Gasteiger partial charge in [0, 0.05) is 0 Å². The van der Waals surface area contributed by atoms with Crippen molar-refractivity contribution in [3.63, 3.8) is 0 Å². The average Bonchev–Trinajstić information content (AvgIpc) is 2.51. The molecule has 4 heteroatoms. The Balaban J connectivity index is 0. The minimum atomic E-state index is -0.0545. The molecule has 0 bridgehead atoms. The summed E-state index contributed by atoms with van der Waals surface area (Å²) in [4.78, 5) is 0. The predicted octanol–water partition coefficient (Wildman–Crippen LogP) is 2.45. The van der Waals surface area contributed by atoms with Gasteiger partial charge in [0.1, 0.15) is 5.75 Å². The summed E-state index contributed by atoms with van der Waals surface area (Å²) in [5.41, 5.74) is 6.82. The maximum absolute atomic E-state index is 9.00. The molecule has 0 saturated carbocycles. The van der Waals surface area contributed by atoms with Gasteiger partial charge in [-0.05, 0) is 36.2 Å². The lowest BCUT2D eigenvalue weighted by atomic mass is 10.1. The van der Waals surface area contributed by atoms with Crippen molar-refractivity contribution in [3.05, 3.63) is 29.3 Å². The number of ether oxygens (including phenoxy) is 1. The van der Waals surface area contributed by atoms with Crippen molar-refractivity contribution >= 4 is 0 Å². The number of hydrogen-bond acceptors (Lipinski definition) is 4. The molecule has 0 aliphatic rings. The molecule has 4 nitrogen and oxygen atoms in total. The molecule has 0 atom stereocenters. The Morgan fingerprint density at radius 1 is 0.947 bits per heavy atom. The highest BCUT2D eigenvalue weighted by Crippen LogP contribution is 2.17. The van der Waals surface area contributed by atoms with Crippen LogP contribution in [0.25, 0.3) is 0 Å². The van der Waals surface area contributed by atoms with Crippen LogP contribution in [0.4, 0.5) is 0 Å². The molecule has 0 aliphatic carbocycles. The average molecular weight is 271 g/mol. The van der Waals surface area contributed by atoms with Crippen molar-refractivity contribution in [2.24, 2.45) is 5.73 Å². The molecular weight excluding hydrogens is 242 g/mol. The summed E-state index contributed by atoms with van der Waals surface area (Å²) in [6, 6.07) is 5.27. The Labute approximate surface area is 117 Å². The van der Waals surface area contributed by atoms with Gasteiger partial charge in [0.25, 0.3) is 0 Å². The minimum absolute atomic E-state index is 0.0545. The van der Waals surface area contributed by atoms with Crippen LogP contribution in [0.3, 0.4) is 0 Å². The summed E-state index contributed by atoms with van der Waals surface area (Å²) in [5.74, 6) is 0.666. The van der Waals surface area contributed by atoms with Crippen LogP contribution in [0, 0.1) is 0 Å². The fraction of sp³-hybridized carbons (Fsp3) is 0.600. The van der Waals surface area contributed by atoms with E-state index in [4.69, 9.17) is 20.7 Å². The molecule has 0 amide bonds. The maximum atomic E-state index is 9.00. The van der Waals surface area contributed by atoms with Crippen LogP contribution in [0.2, 0.25) is 0 Å². The molecule has 1 aromatic rings. The quantitative estimate of drug-likeness (QED) is 0.695. The number of rotatable bonds is 6. The molecule has 19 heavy (non-hydrogen) atoms. The highest BCUT2D eigenvalue weighted by molar-refractivity contribution is 5.33. The molecular formula is C15H29NO3. The molecule has 1 rings (SSSR count). The van der Waals surface area contributed by atoms with Crippen molar-refractivity contribution in [3.8, 4) is 5.75 Å². The topological polar surface area (TPSA) is 75.7 Å². The van der Waals surface area contributed by atoms with E-state index in [1.807, 2.05) is 27.7 Å². The summed E-state index contributed by atoms with van der Waals surface area (Å²) in [7, 11) is 0. The molecule has 0 saturated heterocycles. The van der Waals surface area contributed by atoms with Crippen LogP contribution in [-0.4, -0.2) is 23.4 Å². The minimum Gasteiger partial charge on any atom is -0.494 e. The third kappa shape index (κ3) is 9.47. The summed E-state index contributed by atoms with van der Waals surface area (Å²) < 4.78 is 5.43. The van der Waals surface area contributed by atoms with Gasteiger partial charge in [-0.2, -0.15) is 0 Å². The molecule has 1 aromatic carbocycles. The predicted molar refractivity (Wildman–Crippen MR) is 80.2 cm³/mol. The van der Waals surface area contributed by atoms with Crippen molar-refractivity contribution < 1.29 is 14.9 Å². The zero-order valence-corrected chi connectivity index (χ0v) is 12.6. The first kappa shape index (κ1) is 20.2. The first-order chi connectivity index (χ1) is 9.30. The maximum Gasteiger partial charge on any atom is 0.120 e. The van der Waals surface area contributed by atoms with E-state index in [9.17, 15) is 0 Å². The van der Waals surface area contributed by atoms with Gasteiger partial charge in [0.15, 0.2) is 0 Å². The van der Waals surface area contributed by atoms with Crippen LogP contribution in [0.15, 0.2) is 18.2 Å². The van der Waals surface area contributed by atoms with Gasteiger partial charge >= 0.3 is 0 Å². The van der Waals surface area contributed by atoms with Crippen LogP contribution in [0.5, 0.6) is 5.75 Å². The van der Waals surface area contributed by atoms with Crippen molar-refractivity contribution in [2.75, 3.05) is 13.2 Å². The van der Waals surface area contributed by atoms with E-state index in [0.717, 1.165) is 17.5 Å². The van der Waals surface area contributed by atoms with E-state index in [1.165, 1.54) is 0 Å². The van der Waals surface area contributed by atoms with Gasteiger partial charge < -0.3 is 20.7 Å². The second-order valence-corrected chi connectivity index (χ2v) is 3.29. The number of aliphatic hydroxyl groups excluding tert-OH is 2. The standard InChI is InChI=1S/C11H17NO3.2C2H6/c12-2-1-3-15-11-5-9(7-13)4-10(6-11)8-14;2*1-2/h4-6,13-14H,1-3,7-8,12H2;2*1-2H3. The van der Waals surface area contributed by atoms with Gasteiger partial charge in [0.2, 0.25) is 0 Å². The van der Waals surface area contributed by atoms with Gasteiger partial charge in [-0.3, -0.25) is 0 Å². The number of benzene rings is 1. The zero-order chi connectivity index (χ0) is 15.1. The fourth-order valence-electron chi connectivity index (χ4n) is 1.27. The van der Waals surface area contributed by atoms with Crippen LogP contribution >= 0.6 is 0 Å². The van der Waals surface area contributed by atoms with E-state index < -0.39 is 0 Å². The van der Waals surface area contributed by atoms with E-state index in [-0.39, 0.29) is 13.2 Å².